The van der Waals surface area contributed by atoms with Gasteiger partial charge in [-0.05, 0) is 18.6 Å². The van der Waals surface area contributed by atoms with Crippen molar-refractivity contribution in [1.29, 1.82) is 0 Å². The van der Waals surface area contributed by atoms with Gasteiger partial charge in [-0.3, -0.25) is 25.1 Å². The zero-order valence-corrected chi connectivity index (χ0v) is 12.4. The van der Waals surface area contributed by atoms with Crippen LogP contribution in [0.25, 0.3) is 0 Å². The molecule has 0 aliphatic rings. The first-order valence-electron chi connectivity index (χ1n) is 6.41. The van der Waals surface area contributed by atoms with Crippen LogP contribution in [-0.2, 0) is 13.5 Å². The van der Waals surface area contributed by atoms with Crippen molar-refractivity contribution in [2.75, 3.05) is 0 Å². The number of hydrogen-bond donors (Lipinski definition) is 2. The van der Waals surface area contributed by atoms with E-state index in [4.69, 9.17) is 11.6 Å². The van der Waals surface area contributed by atoms with Crippen molar-refractivity contribution in [3.05, 3.63) is 52.3 Å². The summed E-state index contributed by atoms with van der Waals surface area (Å²) >= 11 is 6.10. The van der Waals surface area contributed by atoms with Gasteiger partial charge < -0.3 is 0 Å². The van der Waals surface area contributed by atoms with E-state index in [-0.39, 0.29) is 5.69 Å². The van der Waals surface area contributed by atoms with Gasteiger partial charge in [0.25, 0.3) is 11.8 Å². The summed E-state index contributed by atoms with van der Waals surface area (Å²) in [6.45, 7) is 1.90. The number of rotatable bonds is 3. The molecule has 21 heavy (non-hydrogen) atoms. The first kappa shape index (κ1) is 15.1. The standard InChI is InChI=1S/C14H15ClN4O2/c1-3-10-11(15)12(19(2)18-10)14(21)17-16-13(20)9-7-5-4-6-8-9/h4-8H,3H2,1-2H3,(H,16,20)(H,17,21). The summed E-state index contributed by atoms with van der Waals surface area (Å²) < 4.78 is 1.39. The molecular formula is C14H15ClN4O2. The number of hydrazine groups is 1. The van der Waals surface area contributed by atoms with Gasteiger partial charge in [0.15, 0.2) is 0 Å². The zero-order chi connectivity index (χ0) is 15.4. The fourth-order valence-corrected chi connectivity index (χ4v) is 2.24. The molecule has 0 radical (unpaired) electrons. The van der Waals surface area contributed by atoms with Crippen molar-refractivity contribution in [2.45, 2.75) is 13.3 Å². The van der Waals surface area contributed by atoms with E-state index in [0.717, 1.165) is 0 Å². The Morgan fingerprint density at radius 3 is 2.38 bits per heavy atom. The molecule has 0 atom stereocenters. The lowest BCUT2D eigenvalue weighted by molar-refractivity contribution is 0.0841. The molecule has 0 saturated heterocycles. The molecule has 1 heterocycles. The SMILES string of the molecule is CCc1nn(C)c(C(=O)NNC(=O)c2ccccc2)c1Cl. The lowest BCUT2D eigenvalue weighted by atomic mass is 10.2. The van der Waals surface area contributed by atoms with Crippen molar-refractivity contribution >= 4 is 23.4 Å². The predicted molar refractivity (Wildman–Crippen MR) is 79.0 cm³/mol. The van der Waals surface area contributed by atoms with Gasteiger partial charge in [-0.25, -0.2) is 0 Å². The van der Waals surface area contributed by atoms with Gasteiger partial charge in [-0.1, -0.05) is 36.7 Å². The largest absolute Gasteiger partial charge is 0.289 e. The second kappa shape index (κ2) is 6.41. The minimum absolute atomic E-state index is 0.210. The molecule has 0 spiro atoms. The topological polar surface area (TPSA) is 76.0 Å². The number of benzene rings is 1. The van der Waals surface area contributed by atoms with Gasteiger partial charge >= 0.3 is 0 Å². The van der Waals surface area contributed by atoms with Crippen molar-refractivity contribution in [1.82, 2.24) is 20.6 Å². The minimum atomic E-state index is -0.515. The summed E-state index contributed by atoms with van der Waals surface area (Å²) in [5.41, 5.74) is 5.97. The number of halogens is 1. The van der Waals surface area contributed by atoms with Crippen LogP contribution in [0, 0.1) is 0 Å². The zero-order valence-electron chi connectivity index (χ0n) is 11.7. The van der Waals surface area contributed by atoms with Gasteiger partial charge in [-0.2, -0.15) is 5.10 Å². The molecular weight excluding hydrogens is 292 g/mol. The number of aryl methyl sites for hydroxylation is 2. The Hall–Kier alpha value is -2.34. The molecule has 6 nitrogen and oxygen atoms in total. The third kappa shape index (κ3) is 3.22. The van der Waals surface area contributed by atoms with E-state index >= 15 is 0 Å². The summed E-state index contributed by atoms with van der Waals surface area (Å²) in [4.78, 5) is 23.9. The average Bonchev–Trinajstić information content (AvgIpc) is 2.79. The number of hydrogen-bond acceptors (Lipinski definition) is 3. The summed E-state index contributed by atoms with van der Waals surface area (Å²) in [5.74, 6) is -0.920. The molecule has 1 aromatic carbocycles. The highest BCUT2D eigenvalue weighted by Gasteiger charge is 2.20. The normalized spacial score (nSPS) is 10.2. The lowest BCUT2D eigenvalue weighted by Gasteiger charge is -2.07. The number of nitrogens with zero attached hydrogens (tertiary/aromatic N) is 2. The molecule has 7 heteroatoms. The van der Waals surface area contributed by atoms with Crippen LogP contribution in [0.1, 0.15) is 33.5 Å². The van der Waals surface area contributed by atoms with Gasteiger partial charge in [0, 0.05) is 12.6 Å². The van der Waals surface area contributed by atoms with E-state index < -0.39 is 11.8 Å². The Labute approximate surface area is 127 Å². The third-order valence-electron chi connectivity index (χ3n) is 2.93. The molecule has 0 saturated carbocycles. The van der Waals surface area contributed by atoms with Gasteiger partial charge in [0.1, 0.15) is 5.69 Å². The number of aromatic nitrogens is 2. The molecule has 110 valence electrons. The molecule has 2 rings (SSSR count). The second-order valence-electron chi connectivity index (χ2n) is 4.36. The van der Waals surface area contributed by atoms with E-state index in [1.807, 2.05) is 6.92 Å². The smallest absolute Gasteiger partial charge is 0.267 e. The number of carbonyl (C=O) groups excluding carboxylic acids is 2. The van der Waals surface area contributed by atoms with Crippen LogP contribution in [0.5, 0.6) is 0 Å². The molecule has 0 fully saturated rings. The average molecular weight is 307 g/mol. The van der Waals surface area contributed by atoms with Crippen LogP contribution < -0.4 is 10.9 Å². The molecule has 2 N–H and O–H groups in total. The Morgan fingerprint density at radius 1 is 1.19 bits per heavy atom. The van der Waals surface area contributed by atoms with E-state index in [1.54, 1.807) is 37.4 Å². The van der Waals surface area contributed by atoms with E-state index in [1.165, 1.54) is 4.68 Å². The Balaban J connectivity index is 2.06. The fraction of sp³-hybridized carbons (Fsp3) is 0.214. The highest BCUT2D eigenvalue weighted by atomic mass is 35.5. The first-order chi connectivity index (χ1) is 10.0. The molecule has 0 bridgehead atoms. The van der Waals surface area contributed by atoms with E-state index in [2.05, 4.69) is 16.0 Å². The highest BCUT2D eigenvalue weighted by molar-refractivity contribution is 6.34. The van der Waals surface area contributed by atoms with Gasteiger partial charge in [0.2, 0.25) is 0 Å². The minimum Gasteiger partial charge on any atom is -0.267 e. The maximum Gasteiger partial charge on any atom is 0.289 e. The number of carbonyl (C=O) groups is 2. The quantitative estimate of drug-likeness (QED) is 0.848. The summed E-state index contributed by atoms with van der Waals surface area (Å²) in [6.07, 6.45) is 0.621. The number of nitrogens with one attached hydrogen (secondary N) is 2. The van der Waals surface area contributed by atoms with Crippen molar-refractivity contribution in [3.8, 4) is 0 Å². The monoisotopic (exact) mass is 306 g/mol. The molecule has 2 amide bonds. The molecule has 0 unspecified atom stereocenters. The molecule has 1 aromatic heterocycles. The lowest BCUT2D eigenvalue weighted by Crippen LogP contribution is -2.42. The van der Waals surface area contributed by atoms with Crippen LogP contribution in [0.3, 0.4) is 0 Å². The van der Waals surface area contributed by atoms with Crippen molar-refractivity contribution < 1.29 is 9.59 Å². The van der Waals surface area contributed by atoms with Crippen LogP contribution in [0.4, 0.5) is 0 Å². The van der Waals surface area contributed by atoms with Crippen molar-refractivity contribution in [3.63, 3.8) is 0 Å². The third-order valence-corrected chi connectivity index (χ3v) is 3.33. The summed E-state index contributed by atoms with van der Waals surface area (Å²) in [7, 11) is 1.62. The van der Waals surface area contributed by atoms with Crippen molar-refractivity contribution in [2.24, 2.45) is 7.05 Å². The fourth-order valence-electron chi connectivity index (χ4n) is 1.86. The van der Waals surface area contributed by atoms with Gasteiger partial charge in [-0.15, -0.1) is 0 Å². The molecule has 2 aromatic rings. The molecule has 0 aliphatic carbocycles. The maximum absolute atomic E-state index is 12.1. The Morgan fingerprint density at radius 2 is 1.81 bits per heavy atom. The second-order valence-corrected chi connectivity index (χ2v) is 4.74. The van der Waals surface area contributed by atoms with Crippen LogP contribution in [0.2, 0.25) is 5.02 Å². The first-order valence-corrected chi connectivity index (χ1v) is 6.79. The van der Waals surface area contributed by atoms with E-state index in [9.17, 15) is 9.59 Å². The molecule has 0 aliphatic heterocycles. The van der Waals surface area contributed by atoms with Crippen LogP contribution in [0.15, 0.2) is 30.3 Å². The summed E-state index contributed by atoms with van der Waals surface area (Å²) in [5, 5.41) is 4.44. The maximum atomic E-state index is 12.1. The Kier molecular flexibility index (Phi) is 4.59. The van der Waals surface area contributed by atoms with E-state index in [0.29, 0.717) is 22.7 Å². The number of amides is 2. The predicted octanol–water partition coefficient (Wildman–Crippen LogP) is 1.71. The van der Waals surface area contributed by atoms with Crippen LogP contribution >= 0.6 is 11.6 Å². The Bertz CT molecular complexity index is 667. The highest BCUT2D eigenvalue weighted by Crippen LogP contribution is 2.20. The summed E-state index contributed by atoms with van der Waals surface area (Å²) in [6, 6.07) is 8.57. The van der Waals surface area contributed by atoms with Gasteiger partial charge in [0.05, 0.1) is 10.7 Å². The van der Waals surface area contributed by atoms with Crippen LogP contribution in [-0.4, -0.2) is 21.6 Å².